The predicted octanol–water partition coefficient (Wildman–Crippen LogP) is 3.79. The van der Waals surface area contributed by atoms with E-state index in [-0.39, 0.29) is 11.8 Å². The van der Waals surface area contributed by atoms with Crippen LogP contribution >= 0.6 is 0 Å². The largest absolute Gasteiger partial charge is 0.416 e. The lowest BCUT2D eigenvalue weighted by Gasteiger charge is -2.10. The smallest absolute Gasteiger partial charge is 0.306 e. The van der Waals surface area contributed by atoms with Gasteiger partial charge in [0.1, 0.15) is 5.82 Å². The third-order valence-electron chi connectivity index (χ3n) is 3.10. The second kappa shape index (κ2) is 7.05. The van der Waals surface area contributed by atoms with Gasteiger partial charge in [-0.15, -0.1) is 6.42 Å². The summed E-state index contributed by atoms with van der Waals surface area (Å²) in [4.78, 5) is 23.6. The number of nitrogens with one attached hydrogen (secondary N) is 2. The Morgan fingerprint density at radius 3 is 2.36 bits per heavy atom. The Morgan fingerprint density at radius 2 is 1.76 bits per heavy atom. The molecule has 0 radical (unpaired) electrons. The summed E-state index contributed by atoms with van der Waals surface area (Å²) in [5.74, 6) is -0.270. The van der Waals surface area contributed by atoms with Crippen molar-refractivity contribution in [2.45, 2.75) is 6.18 Å². The number of imide groups is 1. The third-order valence-corrected chi connectivity index (χ3v) is 3.10. The number of amides is 3. The van der Waals surface area contributed by atoms with Gasteiger partial charge in [-0.05, 0) is 30.3 Å². The lowest BCUT2D eigenvalue weighted by atomic mass is 10.1. The number of benzene rings is 2. The molecule has 0 bridgehead atoms. The van der Waals surface area contributed by atoms with E-state index in [9.17, 15) is 27.2 Å². The molecule has 0 aliphatic rings. The molecule has 25 heavy (non-hydrogen) atoms. The van der Waals surface area contributed by atoms with Crippen molar-refractivity contribution in [1.82, 2.24) is 5.32 Å². The van der Waals surface area contributed by atoms with Crippen LogP contribution < -0.4 is 10.6 Å². The summed E-state index contributed by atoms with van der Waals surface area (Å²) in [6.07, 6.45) is 0.514. The fourth-order valence-electron chi connectivity index (χ4n) is 1.92. The van der Waals surface area contributed by atoms with E-state index in [1.54, 1.807) is 18.2 Å². The Balaban J connectivity index is 2.12. The third kappa shape index (κ3) is 4.35. The van der Waals surface area contributed by atoms with Crippen molar-refractivity contribution in [2.24, 2.45) is 0 Å². The number of terminal acetylenes is 1. The zero-order valence-electron chi connectivity index (χ0n) is 12.4. The van der Waals surface area contributed by atoms with E-state index >= 15 is 0 Å². The topological polar surface area (TPSA) is 58.2 Å². The normalized spacial score (nSPS) is 10.7. The van der Waals surface area contributed by atoms with Crippen LogP contribution in [-0.4, -0.2) is 11.9 Å². The highest BCUT2D eigenvalue weighted by Crippen LogP contribution is 2.30. The summed E-state index contributed by atoms with van der Waals surface area (Å²) in [6, 6.07) is 6.63. The monoisotopic (exact) mass is 350 g/mol. The van der Waals surface area contributed by atoms with Gasteiger partial charge in [0.05, 0.1) is 16.8 Å². The number of rotatable bonds is 2. The SMILES string of the molecule is C#Cc1ccccc1NC(=O)NC(=O)c1ccc(C(F)(F)F)cc1F. The van der Waals surface area contributed by atoms with Gasteiger partial charge in [0.2, 0.25) is 0 Å². The van der Waals surface area contributed by atoms with E-state index in [4.69, 9.17) is 6.42 Å². The highest BCUT2D eigenvalue weighted by atomic mass is 19.4. The lowest BCUT2D eigenvalue weighted by Crippen LogP contribution is -2.35. The van der Waals surface area contributed by atoms with Crippen LogP contribution in [0, 0.1) is 18.2 Å². The van der Waals surface area contributed by atoms with Gasteiger partial charge < -0.3 is 5.32 Å². The summed E-state index contributed by atoms with van der Waals surface area (Å²) in [5, 5.41) is 4.12. The van der Waals surface area contributed by atoms with Gasteiger partial charge in [-0.2, -0.15) is 13.2 Å². The van der Waals surface area contributed by atoms with Crippen LogP contribution in [0.3, 0.4) is 0 Å². The van der Waals surface area contributed by atoms with Gasteiger partial charge in [-0.1, -0.05) is 18.1 Å². The Kier molecular flexibility index (Phi) is 5.08. The number of carbonyl (C=O) groups is 2. The number of halogens is 4. The molecule has 0 heterocycles. The highest BCUT2D eigenvalue weighted by molar-refractivity contribution is 6.08. The zero-order valence-corrected chi connectivity index (χ0v) is 12.4. The van der Waals surface area contributed by atoms with E-state index < -0.39 is 35.1 Å². The minimum atomic E-state index is -4.74. The fraction of sp³-hybridized carbons (Fsp3) is 0.0588. The Morgan fingerprint density at radius 1 is 1.08 bits per heavy atom. The molecule has 0 fully saturated rings. The summed E-state index contributed by atoms with van der Waals surface area (Å²) < 4.78 is 51.1. The molecule has 0 unspecified atom stereocenters. The molecule has 0 atom stereocenters. The van der Waals surface area contributed by atoms with Gasteiger partial charge in [0.25, 0.3) is 5.91 Å². The van der Waals surface area contributed by atoms with Crippen molar-refractivity contribution < 1.29 is 27.2 Å². The average Bonchev–Trinajstić information content (AvgIpc) is 2.54. The van der Waals surface area contributed by atoms with Crippen LogP contribution in [-0.2, 0) is 6.18 Å². The zero-order chi connectivity index (χ0) is 18.6. The van der Waals surface area contributed by atoms with Crippen LogP contribution in [0.5, 0.6) is 0 Å². The minimum absolute atomic E-state index is 0.181. The number of para-hydroxylation sites is 1. The van der Waals surface area contributed by atoms with Crippen LogP contribution in [0.2, 0.25) is 0 Å². The number of anilines is 1. The molecular weight excluding hydrogens is 340 g/mol. The molecular formula is C17H10F4N2O2. The summed E-state index contributed by atoms with van der Waals surface area (Å²) in [6.45, 7) is 0. The van der Waals surface area contributed by atoms with Gasteiger partial charge in [0, 0.05) is 5.56 Å². The predicted molar refractivity (Wildman–Crippen MR) is 82.3 cm³/mol. The molecule has 0 saturated heterocycles. The first-order valence-electron chi connectivity index (χ1n) is 6.77. The van der Waals surface area contributed by atoms with E-state index in [1.807, 2.05) is 5.32 Å². The number of hydrogen-bond donors (Lipinski definition) is 2. The number of carbonyl (C=O) groups excluding carboxylic acids is 2. The molecule has 4 nitrogen and oxygen atoms in total. The Hall–Kier alpha value is -3.34. The maximum absolute atomic E-state index is 13.7. The Labute approximate surface area is 139 Å². The fourth-order valence-corrected chi connectivity index (χ4v) is 1.92. The first-order chi connectivity index (χ1) is 11.7. The average molecular weight is 350 g/mol. The first kappa shape index (κ1) is 18.0. The van der Waals surface area contributed by atoms with E-state index in [2.05, 4.69) is 11.2 Å². The summed E-state index contributed by atoms with van der Waals surface area (Å²) >= 11 is 0. The highest BCUT2D eigenvalue weighted by Gasteiger charge is 2.31. The molecule has 128 valence electrons. The quantitative estimate of drug-likeness (QED) is 0.640. The van der Waals surface area contributed by atoms with Crippen molar-refractivity contribution >= 4 is 17.6 Å². The van der Waals surface area contributed by atoms with Crippen molar-refractivity contribution in [3.05, 3.63) is 65.0 Å². The van der Waals surface area contributed by atoms with Gasteiger partial charge in [-0.3, -0.25) is 10.1 Å². The van der Waals surface area contributed by atoms with Gasteiger partial charge in [-0.25, -0.2) is 9.18 Å². The van der Waals surface area contributed by atoms with E-state index in [0.717, 1.165) is 0 Å². The molecule has 0 aliphatic heterocycles. The molecule has 3 amide bonds. The van der Waals surface area contributed by atoms with Gasteiger partial charge in [0.15, 0.2) is 0 Å². The number of hydrogen-bond acceptors (Lipinski definition) is 2. The molecule has 0 aliphatic carbocycles. The van der Waals surface area contributed by atoms with Crippen LogP contribution in [0.1, 0.15) is 21.5 Å². The number of urea groups is 1. The second-order valence-corrected chi connectivity index (χ2v) is 4.79. The van der Waals surface area contributed by atoms with E-state index in [0.29, 0.717) is 17.7 Å². The summed E-state index contributed by atoms with van der Waals surface area (Å²) in [7, 11) is 0. The second-order valence-electron chi connectivity index (χ2n) is 4.79. The molecule has 2 rings (SSSR count). The molecule has 0 saturated carbocycles. The minimum Gasteiger partial charge on any atom is -0.306 e. The maximum atomic E-state index is 13.7. The van der Waals surface area contributed by atoms with Crippen LogP contribution in [0.4, 0.5) is 28.0 Å². The van der Waals surface area contributed by atoms with Crippen molar-refractivity contribution in [3.63, 3.8) is 0 Å². The van der Waals surface area contributed by atoms with Gasteiger partial charge >= 0.3 is 12.2 Å². The molecule has 2 aromatic rings. The van der Waals surface area contributed by atoms with E-state index in [1.165, 1.54) is 6.07 Å². The van der Waals surface area contributed by atoms with Crippen molar-refractivity contribution in [3.8, 4) is 12.3 Å². The standard InChI is InChI=1S/C17H10F4N2O2/c1-2-10-5-3-4-6-14(10)22-16(25)23-15(24)12-8-7-11(9-13(12)18)17(19,20)21/h1,3-9H,(H2,22,23,24,25). The molecule has 0 spiro atoms. The molecule has 8 heteroatoms. The maximum Gasteiger partial charge on any atom is 0.416 e. The van der Waals surface area contributed by atoms with Crippen LogP contribution in [0.25, 0.3) is 0 Å². The molecule has 2 N–H and O–H groups in total. The lowest BCUT2D eigenvalue weighted by molar-refractivity contribution is -0.137. The number of alkyl halides is 3. The van der Waals surface area contributed by atoms with Crippen molar-refractivity contribution in [1.29, 1.82) is 0 Å². The molecule has 2 aromatic carbocycles. The Bertz CT molecular complexity index is 870. The van der Waals surface area contributed by atoms with Crippen LogP contribution in [0.15, 0.2) is 42.5 Å². The molecule has 0 aromatic heterocycles. The summed E-state index contributed by atoms with van der Waals surface area (Å²) in [5.41, 5.74) is -1.35. The first-order valence-corrected chi connectivity index (χ1v) is 6.77. The van der Waals surface area contributed by atoms with Crippen molar-refractivity contribution in [2.75, 3.05) is 5.32 Å².